The lowest BCUT2D eigenvalue weighted by Crippen LogP contribution is -2.40. The molecule has 44 heavy (non-hydrogen) atoms. The summed E-state index contributed by atoms with van der Waals surface area (Å²) in [5, 5.41) is 4.05. The number of benzene rings is 4. The van der Waals surface area contributed by atoms with Gasteiger partial charge in [0.1, 0.15) is 11.5 Å². The molecule has 2 aromatic heterocycles. The van der Waals surface area contributed by atoms with Gasteiger partial charge in [-0.2, -0.15) is 0 Å². The molecule has 0 unspecified atom stereocenters. The van der Waals surface area contributed by atoms with Crippen LogP contribution in [0.4, 0.5) is 11.4 Å². The zero-order chi connectivity index (χ0) is 31.1. The molecule has 0 aliphatic carbocycles. The summed E-state index contributed by atoms with van der Waals surface area (Å²) >= 11 is 12.7. The van der Waals surface area contributed by atoms with Gasteiger partial charge in [0.15, 0.2) is 0 Å². The number of pyridine rings is 2. The van der Waals surface area contributed by atoms with E-state index in [-0.39, 0.29) is 24.9 Å². The van der Waals surface area contributed by atoms with Crippen LogP contribution in [0.15, 0.2) is 72.8 Å². The number of hydrogen-bond donors (Lipinski definition) is 0. The van der Waals surface area contributed by atoms with Crippen molar-refractivity contribution in [2.24, 2.45) is 0 Å². The van der Waals surface area contributed by atoms with E-state index in [0.717, 1.165) is 21.5 Å². The molecule has 0 saturated carbocycles. The van der Waals surface area contributed by atoms with Gasteiger partial charge >= 0.3 is 0 Å². The van der Waals surface area contributed by atoms with E-state index >= 15 is 0 Å². The molecule has 0 spiro atoms. The second-order valence-corrected chi connectivity index (χ2v) is 11.2. The molecule has 4 aromatic carbocycles. The van der Waals surface area contributed by atoms with Crippen LogP contribution in [-0.4, -0.2) is 49.1 Å². The standard InChI is InChI=1S/C34H28Cl2N4O4/c1-19(41)39(33-25-9-5-21(35)15-31(25)37-29-11-7-23(43-3)17-27(29)33)13-14-40(20(2)42)34-26-10-6-22(36)16-32(26)38-30-12-8-24(44-4)18-28(30)34/h5-12,15-18H,13-14H2,1-4H3. The Morgan fingerprint density at radius 1 is 0.591 bits per heavy atom. The minimum atomic E-state index is -0.196. The average Bonchev–Trinajstić information content (AvgIpc) is 3.00. The summed E-state index contributed by atoms with van der Waals surface area (Å²) in [6.45, 7) is 3.39. The summed E-state index contributed by atoms with van der Waals surface area (Å²) in [5.74, 6) is 0.867. The third kappa shape index (κ3) is 5.31. The molecule has 6 aromatic rings. The highest BCUT2D eigenvalue weighted by atomic mass is 35.5. The van der Waals surface area contributed by atoms with Crippen LogP contribution in [0.25, 0.3) is 43.6 Å². The summed E-state index contributed by atoms with van der Waals surface area (Å²) in [6, 6.07) is 21.9. The van der Waals surface area contributed by atoms with Gasteiger partial charge in [-0.25, -0.2) is 9.97 Å². The van der Waals surface area contributed by atoms with Crippen molar-refractivity contribution in [2.75, 3.05) is 37.1 Å². The molecule has 222 valence electrons. The summed E-state index contributed by atoms with van der Waals surface area (Å²) in [5.41, 5.74) is 3.98. The minimum absolute atomic E-state index is 0.186. The number of aromatic nitrogens is 2. The Kier molecular flexibility index (Phi) is 7.88. The van der Waals surface area contributed by atoms with Crippen LogP contribution in [0, 0.1) is 0 Å². The molecule has 0 bridgehead atoms. The highest BCUT2D eigenvalue weighted by Gasteiger charge is 2.24. The van der Waals surface area contributed by atoms with Crippen molar-refractivity contribution in [1.29, 1.82) is 0 Å². The Bertz CT molecular complexity index is 1970. The average molecular weight is 628 g/mol. The quantitative estimate of drug-likeness (QED) is 0.168. The summed E-state index contributed by atoms with van der Waals surface area (Å²) in [4.78, 5) is 39.8. The Morgan fingerprint density at radius 2 is 1.00 bits per heavy atom. The first kappa shape index (κ1) is 29.4. The van der Waals surface area contributed by atoms with E-state index in [4.69, 9.17) is 42.6 Å². The van der Waals surface area contributed by atoms with E-state index in [9.17, 15) is 9.59 Å². The van der Waals surface area contributed by atoms with Gasteiger partial charge in [-0.3, -0.25) is 9.59 Å². The largest absolute Gasteiger partial charge is 0.497 e. The van der Waals surface area contributed by atoms with E-state index in [0.29, 0.717) is 55.0 Å². The Balaban J connectivity index is 1.53. The molecule has 0 atom stereocenters. The van der Waals surface area contributed by atoms with Gasteiger partial charge in [0.2, 0.25) is 11.8 Å². The van der Waals surface area contributed by atoms with Crippen LogP contribution >= 0.6 is 23.2 Å². The fourth-order valence-electron chi connectivity index (χ4n) is 5.64. The third-order valence-corrected chi connectivity index (χ3v) is 8.15. The van der Waals surface area contributed by atoms with Gasteiger partial charge in [-0.15, -0.1) is 0 Å². The highest BCUT2D eigenvalue weighted by Crippen LogP contribution is 2.39. The molecule has 10 heteroatoms. The van der Waals surface area contributed by atoms with Gasteiger partial charge in [-0.05, 0) is 72.8 Å². The highest BCUT2D eigenvalue weighted by molar-refractivity contribution is 6.32. The lowest BCUT2D eigenvalue weighted by molar-refractivity contribution is -0.118. The summed E-state index contributed by atoms with van der Waals surface area (Å²) in [7, 11) is 3.18. The maximum Gasteiger partial charge on any atom is 0.223 e. The first-order valence-corrected chi connectivity index (χ1v) is 14.6. The smallest absolute Gasteiger partial charge is 0.223 e. The minimum Gasteiger partial charge on any atom is -0.497 e. The lowest BCUT2D eigenvalue weighted by atomic mass is 10.0. The number of ether oxygens (including phenoxy) is 2. The molecule has 0 saturated heterocycles. The number of rotatable bonds is 7. The second kappa shape index (κ2) is 11.8. The number of halogens is 2. The summed E-state index contributed by atoms with van der Waals surface area (Å²) in [6.07, 6.45) is 0. The Hall–Kier alpha value is -4.66. The number of nitrogens with zero attached hydrogens (tertiary/aromatic N) is 4. The van der Waals surface area contributed by atoms with Crippen molar-refractivity contribution < 1.29 is 19.1 Å². The zero-order valence-electron chi connectivity index (χ0n) is 24.5. The molecule has 6 rings (SSSR count). The number of methoxy groups -OCH3 is 2. The normalized spacial score (nSPS) is 11.3. The molecule has 0 N–H and O–H groups in total. The molecule has 0 aliphatic heterocycles. The molecule has 0 aliphatic rings. The molecule has 2 amide bonds. The van der Waals surface area contributed by atoms with Gasteiger partial charge in [0.05, 0.1) is 47.7 Å². The van der Waals surface area contributed by atoms with Crippen LogP contribution in [-0.2, 0) is 9.59 Å². The predicted octanol–water partition coefficient (Wildman–Crippen LogP) is 7.82. The van der Waals surface area contributed by atoms with Gasteiger partial charge in [-0.1, -0.05) is 23.2 Å². The first-order valence-electron chi connectivity index (χ1n) is 13.9. The van der Waals surface area contributed by atoms with Crippen molar-refractivity contribution in [3.63, 3.8) is 0 Å². The fourth-order valence-corrected chi connectivity index (χ4v) is 5.97. The molecule has 2 heterocycles. The number of carbonyl (C=O) groups excluding carboxylic acids is 2. The van der Waals surface area contributed by atoms with Crippen molar-refractivity contribution in [3.8, 4) is 11.5 Å². The van der Waals surface area contributed by atoms with E-state index in [1.165, 1.54) is 13.8 Å². The van der Waals surface area contributed by atoms with Crippen LogP contribution in [0.2, 0.25) is 10.0 Å². The first-order chi connectivity index (χ1) is 21.2. The van der Waals surface area contributed by atoms with E-state index in [1.807, 2.05) is 48.5 Å². The van der Waals surface area contributed by atoms with Crippen molar-refractivity contribution in [1.82, 2.24) is 9.97 Å². The number of carbonyl (C=O) groups is 2. The molecule has 0 radical (unpaired) electrons. The van der Waals surface area contributed by atoms with Gasteiger partial charge in [0.25, 0.3) is 0 Å². The fraction of sp³-hybridized carbons (Fsp3) is 0.176. The van der Waals surface area contributed by atoms with Gasteiger partial charge < -0.3 is 19.3 Å². The number of fused-ring (bicyclic) bond motifs is 4. The van der Waals surface area contributed by atoms with E-state index in [1.54, 1.807) is 48.3 Å². The maximum atomic E-state index is 13.4. The maximum absolute atomic E-state index is 13.4. The summed E-state index contributed by atoms with van der Waals surface area (Å²) < 4.78 is 11.0. The molecule has 8 nitrogen and oxygen atoms in total. The second-order valence-electron chi connectivity index (χ2n) is 10.4. The van der Waals surface area contributed by atoms with E-state index in [2.05, 4.69) is 0 Å². The number of amides is 2. The lowest BCUT2D eigenvalue weighted by Gasteiger charge is -2.30. The molecule has 0 fully saturated rings. The van der Waals surface area contributed by atoms with Crippen LogP contribution in [0.5, 0.6) is 11.5 Å². The van der Waals surface area contributed by atoms with Crippen molar-refractivity contribution in [2.45, 2.75) is 13.8 Å². The van der Waals surface area contributed by atoms with Gasteiger partial charge in [0, 0.05) is 58.5 Å². The predicted molar refractivity (Wildman–Crippen MR) is 178 cm³/mol. The van der Waals surface area contributed by atoms with Crippen molar-refractivity contribution in [3.05, 3.63) is 82.8 Å². The Labute approximate surface area is 263 Å². The SMILES string of the molecule is COc1ccc2nc3cc(Cl)ccc3c(N(CCN(C(C)=O)c3c4ccc(Cl)cc4nc4ccc(OC)cc34)C(C)=O)c2c1. The zero-order valence-corrected chi connectivity index (χ0v) is 26.0. The molecular weight excluding hydrogens is 599 g/mol. The number of anilines is 2. The van der Waals surface area contributed by atoms with Crippen molar-refractivity contribution >= 4 is 90.0 Å². The van der Waals surface area contributed by atoms with Crippen LogP contribution < -0.4 is 19.3 Å². The topological polar surface area (TPSA) is 84.9 Å². The molecular formula is C34H28Cl2N4O4. The monoisotopic (exact) mass is 626 g/mol. The number of hydrogen-bond acceptors (Lipinski definition) is 6. The Morgan fingerprint density at radius 3 is 1.36 bits per heavy atom. The third-order valence-electron chi connectivity index (χ3n) is 7.68. The van der Waals surface area contributed by atoms with E-state index < -0.39 is 0 Å². The van der Waals surface area contributed by atoms with Crippen LogP contribution in [0.1, 0.15) is 13.8 Å². The van der Waals surface area contributed by atoms with Crippen LogP contribution in [0.3, 0.4) is 0 Å².